The third-order valence-corrected chi connectivity index (χ3v) is 4.18. The van der Waals surface area contributed by atoms with E-state index in [0.717, 1.165) is 27.5 Å². The minimum absolute atomic E-state index is 0.510. The quantitative estimate of drug-likeness (QED) is 0.765. The summed E-state index contributed by atoms with van der Waals surface area (Å²) in [6.45, 7) is 2.03. The van der Waals surface area contributed by atoms with Gasteiger partial charge in [-0.05, 0) is 40.8 Å². The highest BCUT2D eigenvalue weighted by Gasteiger charge is 2.22. The molecule has 0 aliphatic rings. The molecule has 1 atom stereocenters. The summed E-state index contributed by atoms with van der Waals surface area (Å²) in [5.74, 6) is -1.31. The van der Waals surface area contributed by atoms with E-state index < -0.39 is 11.9 Å². The highest BCUT2D eigenvalue weighted by atomic mass is 16.4. The summed E-state index contributed by atoms with van der Waals surface area (Å²) in [5.41, 5.74) is 3.10. The Morgan fingerprint density at radius 2 is 1.64 bits per heavy atom. The van der Waals surface area contributed by atoms with Crippen LogP contribution in [-0.4, -0.2) is 11.1 Å². The molecule has 0 bridgehead atoms. The summed E-state index contributed by atoms with van der Waals surface area (Å²) in [6, 6.07) is 21.8. The lowest BCUT2D eigenvalue weighted by Crippen LogP contribution is -2.15. The average molecular weight is 290 g/mol. The molecule has 22 heavy (non-hydrogen) atoms. The summed E-state index contributed by atoms with van der Waals surface area (Å²) >= 11 is 0. The Bertz CT molecular complexity index is 815. The number of hydrogen-bond donors (Lipinski definition) is 1. The molecule has 0 aromatic heterocycles. The Kier molecular flexibility index (Phi) is 3.92. The van der Waals surface area contributed by atoms with Gasteiger partial charge in [0, 0.05) is 0 Å². The van der Waals surface area contributed by atoms with Gasteiger partial charge in [0.2, 0.25) is 0 Å². The van der Waals surface area contributed by atoms with Crippen LogP contribution in [-0.2, 0) is 11.2 Å². The van der Waals surface area contributed by atoms with E-state index in [2.05, 4.69) is 0 Å². The van der Waals surface area contributed by atoms with E-state index in [-0.39, 0.29) is 0 Å². The van der Waals surface area contributed by atoms with Gasteiger partial charge in [-0.3, -0.25) is 4.79 Å². The molecule has 110 valence electrons. The molecular formula is C20H18O2. The first-order valence-corrected chi connectivity index (χ1v) is 7.42. The van der Waals surface area contributed by atoms with Gasteiger partial charge in [0.05, 0.1) is 5.92 Å². The smallest absolute Gasteiger partial charge is 0.311 e. The Balaban J connectivity index is 2.08. The number of hydrogen-bond acceptors (Lipinski definition) is 1. The van der Waals surface area contributed by atoms with E-state index in [1.165, 1.54) is 0 Å². The van der Waals surface area contributed by atoms with Gasteiger partial charge in [-0.1, -0.05) is 66.7 Å². The van der Waals surface area contributed by atoms with Gasteiger partial charge < -0.3 is 5.11 Å². The molecule has 0 radical (unpaired) electrons. The lowest BCUT2D eigenvalue weighted by molar-refractivity contribution is -0.138. The van der Waals surface area contributed by atoms with Crippen LogP contribution in [0.5, 0.6) is 0 Å². The molecule has 3 aromatic carbocycles. The van der Waals surface area contributed by atoms with Crippen molar-refractivity contribution in [1.82, 2.24) is 0 Å². The number of aryl methyl sites for hydroxylation is 1. The normalized spacial score (nSPS) is 12.2. The first-order valence-electron chi connectivity index (χ1n) is 7.42. The number of fused-ring (bicyclic) bond motifs is 1. The van der Waals surface area contributed by atoms with Crippen LogP contribution in [0.2, 0.25) is 0 Å². The predicted octanol–water partition coefficient (Wildman–Crippen LogP) is 4.56. The van der Waals surface area contributed by atoms with Gasteiger partial charge in [-0.2, -0.15) is 0 Å². The predicted molar refractivity (Wildman–Crippen MR) is 89.2 cm³/mol. The number of carboxylic acid groups (broad SMARTS) is 1. The molecule has 0 saturated heterocycles. The Labute approximate surface area is 130 Å². The molecule has 0 aliphatic heterocycles. The third-order valence-electron chi connectivity index (χ3n) is 4.18. The second-order valence-electron chi connectivity index (χ2n) is 5.59. The number of carbonyl (C=O) groups is 1. The van der Waals surface area contributed by atoms with Crippen LogP contribution in [0.25, 0.3) is 10.8 Å². The summed E-state index contributed by atoms with van der Waals surface area (Å²) in [4.78, 5) is 11.9. The Morgan fingerprint density at radius 3 is 2.41 bits per heavy atom. The molecule has 2 nitrogen and oxygen atoms in total. The molecule has 0 amide bonds. The fourth-order valence-corrected chi connectivity index (χ4v) is 2.94. The summed E-state index contributed by atoms with van der Waals surface area (Å²) in [5, 5.41) is 11.8. The third kappa shape index (κ3) is 2.73. The Morgan fingerprint density at radius 1 is 0.955 bits per heavy atom. The first-order chi connectivity index (χ1) is 10.7. The monoisotopic (exact) mass is 290 g/mol. The second kappa shape index (κ2) is 6.02. The molecule has 0 fully saturated rings. The summed E-state index contributed by atoms with van der Waals surface area (Å²) < 4.78 is 0. The van der Waals surface area contributed by atoms with Crippen LogP contribution in [0.15, 0.2) is 66.7 Å². The maximum atomic E-state index is 11.9. The van der Waals surface area contributed by atoms with E-state index >= 15 is 0 Å². The number of rotatable bonds is 4. The molecular weight excluding hydrogens is 272 g/mol. The summed E-state index contributed by atoms with van der Waals surface area (Å²) in [6.07, 6.45) is 0.510. The van der Waals surface area contributed by atoms with Crippen LogP contribution < -0.4 is 0 Å². The molecule has 3 aromatic rings. The lowest BCUT2D eigenvalue weighted by atomic mass is 9.87. The topological polar surface area (TPSA) is 37.3 Å². The zero-order chi connectivity index (χ0) is 15.5. The lowest BCUT2D eigenvalue weighted by Gasteiger charge is -2.16. The molecule has 3 rings (SSSR count). The second-order valence-corrected chi connectivity index (χ2v) is 5.59. The fourth-order valence-electron chi connectivity index (χ4n) is 2.94. The molecule has 1 unspecified atom stereocenters. The number of benzene rings is 3. The van der Waals surface area contributed by atoms with E-state index in [1.54, 1.807) is 0 Å². The van der Waals surface area contributed by atoms with Crippen LogP contribution in [0, 0.1) is 6.92 Å². The van der Waals surface area contributed by atoms with E-state index in [9.17, 15) is 9.90 Å². The van der Waals surface area contributed by atoms with Crippen LogP contribution >= 0.6 is 0 Å². The molecule has 0 aliphatic carbocycles. The van der Waals surface area contributed by atoms with Crippen LogP contribution in [0.4, 0.5) is 0 Å². The zero-order valence-electron chi connectivity index (χ0n) is 12.5. The molecule has 0 saturated carbocycles. The Hall–Kier alpha value is -2.61. The maximum absolute atomic E-state index is 11.9. The maximum Gasteiger partial charge on any atom is 0.311 e. The number of carboxylic acids is 1. The first kappa shape index (κ1) is 14.3. The van der Waals surface area contributed by atoms with Crippen molar-refractivity contribution in [2.24, 2.45) is 0 Å². The van der Waals surface area contributed by atoms with Gasteiger partial charge in [-0.25, -0.2) is 0 Å². The van der Waals surface area contributed by atoms with Crippen LogP contribution in [0.3, 0.4) is 0 Å². The minimum Gasteiger partial charge on any atom is -0.481 e. The van der Waals surface area contributed by atoms with E-state index in [1.807, 2.05) is 73.7 Å². The van der Waals surface area contributed by atoms with Crippen molar-refractivity contribution in [3.05, 3.63) is 83.4 Å². The van der Waals surface area contributed by atoms with Crippen molar-refractivity contribution in [3.8, 4) is 0 Å². The zero-order valence-corrected chi connectivity index (χ0v) is 12.5. The molecule has 0 spiro atoms. The van der Waals surface area contributed by atoms with Crippen molar-refractivity contribution >= 4 is 16.7 Å². The summed E-state index contributed by atoms with van der Waals surface area (Å²) in [7, 11) is 0. The van der Waals surface area contributed by atoms with Crippen molar-refractivity contribution in [1.29, 1.82) is 0 Å². The SMILES string of the molecule is Cc1ccccc1CC(C(=O)O)c1cccc2ccccc12. The van der Waals surface area contributed by atoms with E-state index in [0.29, 0.717) is 6.42 Å². The molecule has 1 N–H and O–H groups in total. The van der Waals surface area contributed by atoms with Gasteiger partial charge in [0.25, 0.3) is 0 Å². The van der Waals surface area contributed by atoms with Crippen LogP contribution in [0.1, 0.15) is 22.6 Å². The highest BCUT2D eigenvalue weighted by Crippen LogP contribution is 2.29. The molecule has 0 heterocycles. The van der Waals surface area contributed by atoms with Gasteiger partial charge in [0.15, 0.2) is 0 Å². The highest BCUT2D eigenvalue weighted by molar-refractivity contribution is 5.90. The minimum atomic E-state index is -0.778. The van der Waals surface area contributed by atoms with Crippen molar-refractivity contribution in [3.63, 3.8) is 0 Å². The van der Waals surface area contributed by atoms with Crippen molar-refractivity contribution in [2.75, 3.05) is 0 Å². The van der Waals surface area contributed by atoms with Gasteiger partial charge >= 0.3 is 5.97 Å². The van der Waals surface area contributed by atoms with Crippen molar-refractivity contribution in [2.45, 2.75) is 19.3 Å². The van der Waals surface area contributed by atoms with E-state index in [4.69, 9.17) is 0 Å². The average Bonchev–Trinajstić information content (AvgIpc) is 2.53. The standard InChI is InChI=1S/C20H18O2/c1-14-7-2-3-9-16(14)13-19(20(21)22)18-12-6-10-15-8-4-5-11-17(15)18/h2-12,19H,13H2,1H3,(H,21,22). The van der Waals surface area contributed by atoms with Crippen molar-refractivity contribution < 1.29 is 9.90 Å². The largest absolute Gasteiger partial charge is 0.481 e. The molecule has 2 heteroatoms. The fraction of sp³-hybridized carbons (Fsp3) is 0.150. The van der Waals surface area contributed by atoms with Gasteiger partial charge in [-0.15, -0.1) is 0 Å². The number of aliphatic carboxylic acids is 1. The van der Waals surface area contributed by atoms with Gasteiger partial charge in [0.1, 0.15) is 0 Å².